The predicted octanol–water partition coefficient (Wildman–Crippen LogP) is 0.893. The molecule has 0 aliphatic carbocycles. The predicted molar refractivity (Wildman–Crippen MR) is 69.5 cm³/mol. The minimum atomic E-state index is -3.64. The van der Waals surface area contributed by atoms with Crippen LogP contribution in [0.15, 0.2) is 0 Å². The number of rotatable bonds is 5. The Hall–Kier alpha value is -1.13. The van der Waals surface area contributed by atoms with Gasteiger partial charge in [-0.05, 0) is 26.2 Å². The highest BCUT2D eigenvalue weighted by Crippen LogP contribution is 2.23. The molecule has 1 rings (SSSR count). The van der Waals surface area contributed by atoms with Crippen molar-refractivity contribution in [2.24, 2.45) is 5.92 Å². The highest BCUT2D eigenvalue weighted by Gasteiger charge is 2.36. The quantitative estimate of drug-likeness (QED) is 0.701. The van der Waals surface area contributed by atoms with Crippen LogP contribution in [0.4, 0.5) is 0 Å². The van der Waals surface area contributed by atoms with E-state index in [9.17, 15) is 13.2 Å². The van der Waals surface area contributed by atoms with Crippen LogP contribution in [0, 0.1) is 17.2 Å². The number of ether oxygens (including phenoxy) is 1. The highest BCUT2D eigenvalue weighted by molar-refractivity contribution is 7.90. The molecule has 1 fully saturated rings. The van der Waals surface area contributed by atoms with E-state index < -0.39 is 21.2 Å². The Morgan fingerprint density at radius 2 is 2.21 bits per heavy atom. The second-order valence-electron chi connectivity index (χ2n) is 4.52. The lowest BCUT2D eigenvalue weighted by molar-refractivity contribution is -0.149. The first-order valence-corrected chi connectivity index (χ1v) is 8.02. The number of piperidine rings is 1. The molecule has 1 heterocycles. The van der Waals surface area contributed by atoms with E-state index in [1.165, 1.54) is 4.31 Å². The molecule has 0 aromatic heterocycles. The van der Waals surface area contributed by atoms with Crippen molar-refractivity contribution in [2.75, 3.05) is 19.7 Å². The van der Waals surface area contributed by atoms with E-state index in [0.29, 0.717) is 19.4 Å². The third-order valence-electron chi connectivity index (χ3n) is 3.24. The average Bonchev–Trinajstić information content (AvgIpc) is 2.40. The maximum Gasteiger partial charge on any atom is 0.310 e. The number of hydrogen-bond donors (Lipinski definition) is 0. The Bertz CT molecular complexity index is 455. The number of nitrogens with zero attached hydrogens (tertiary/aromatic N) is 2. The van der Waals surface area contributed by atoms with Crippen molar-refractivity contribution < 1.29 is 17.9 Å². The normalized spacial score (nSPS) is 22.5. The molecule has 0 N–H and O–H groups in total. The summed E-state index contributed by atoms with van der Waals surface area (Å²) in [5, 5.41) is 7.87. The Labute approximate surface area is 114 Å². The standard InChI is InChI=1S/C12H20N2O4S/c1-3-11(8-13)19(16,17)14-7-5-6-10(9-14)12(15)18-4-2/h10-11H,3-7,9H2,1-2H3/t10-,11?/m0/s1. The summed E-state index contributed by atoms with van der Waals surface area (Å²) < 4.78 is 30.6. The van der Waals surface area contributed by atoms with Crippen LogP contribution in [0.3, 0.4) is 0 Å². The summed E-state index contributed by atoms with van der Waals surface area (Å²) in [6, 6.07) is 1.81. The lowest BCUT2D eigenvalue weighted by Gasteiger charge is -2.31. The van der Waals surface area contributed by atoms with Crippen LogP contribution in [0.25, 0.3) is 0 Å². The number of nitriles is 1. The fraction of sp³-hybridized carbons (Fsp3) is 0.833. The van der Waals surface area contributed by atoms with Crippen LogP contribution < -0.4 is 0 Å². The molecule has 1 aliphatic heterocycles. The molecule has 1 saturated heterocycles. The van der Waals surface area contributed by atoms with Gasteiger partial charge in [0.1, 0.15) is 0 Å². The molecule has 0 saturated carbocycles. The lowest BCUT2D eigenvalue weighted by Crippen LogP contribution is -2.46. The van der Waals surface area contributed by atoms with Gasteiger partial charge in [0, 0.05) is 13.1 Å². The smallest absolute Gasteiger partial charge is 0.310 e. The summed E-state index contributed by atoms with van der Waals surface area (Å²) >= 11 is 0. The Balaban J connectivity index is 2.80. The van der Waals surface area contributed by atoms with Crippen LogP contribution in [0.2, 0.25) is 0 Å². The van der Waals surface area contributed by atoms with Crippen LogP contribution in [0.5, 0.6) is 0 Å². The molecule has 0 aromatic carbocycles. The maximum absolute atomic E-state index is 12.2. The maximum atomic E-state index is 12.2. The molecule has 0 radical (unpaired) electrons. The molecule has 7 heteroatoms. The number of carbonyl (C=O) groups is 1. The molecular weight excluding hydrogens is 268 g/mol. The summed E-state index contributed by atoms with van der Waals surface area (Å²) in [4.78, 5) is 11.7. The minimum Gasteiger partial charge on any atom is -0.466 e. The first-order valence-electron chi connectivity index (χ1n) is 6.52. The first-order chi connectivity index (χ1) is 8.97. The Morgan fingerprint density at radius 1 is 1.53 bits per heavy atom. The Kier molecular flexibility index (Phi) is 5.76. The van der Waals surface area contributed by atoms with Crippen molar-refractivity contribution in [2.45, 2.75) is 38.4 Å². The molecule has 19 heavy (non-hydrogen) atoms. The zero-order valence-corrected chi connectivity index (χ0v) is 12.1. The van der Waals surface area contributed by atoms with Crippen molar-refractivity contribution in [3.63, 3.8) is 0 Å². The summed E-state index contributed by atoms with van der Waals surface area (Å²) in [6.07, 6.45) is 1.50. The van der Waals surface area contributed by atoms with Gasteiger partial charge in [0.2, 0.25) is 10.0 Å². The second kappa shape index (κ2) is 6.87. The van der Waals surface area contributed by atoms with E-state index in [4.69, 9.17) is 10.00 Å². The molecule has 0 amide bonds. The molecule has 1 unspecified atom stereocenters. The van der Waals surface area contributed by atoms with Crippen molar-refractivity contribution in [3.8, 4) is 6.07 Å². The SMILES string of the molecule is CCOC(=O)[C@H]1CCCN(S(=O)(=O)C(C#N)CC)C1. The van der Waals surface area contributed by atoms with Gasteiger partial charge in [-0.3, -0.25) is 4.79 Å². The summed E-state index contributed by atoms with van der Waals surface area (Å²) in [5.41, 5.74) is 0. The van der Waals surface area contributed by atoms with Crippen molar-refractivity contribution in [3.05, 3.63) is 0 Å². The van der Waals surface area contributed by atoms with Crippen LogP contribution in [-0.2, 0) is 19.6 Å². The molecule has 6 nitrogen and oxygen atoms in total. The molecule has 2 atom stereocenters. The van der Waals surface area contributed by atoms with Gasteiger partial charge in [0.05, 0.1) is 18.6 Å². The number of sulfonamides is 1. The molecule has 1 aliphatic rings. The topological polar surface area (TPSA) is 87.5 Å². The number of esters is 1. The molecule has 0 bridgehead atoms. The van der Waals surface area contributed by atoms with Crippen molar-refractivity contribution in [1.29, 1.82) is 5.26 Å². The van der Waals surface area contributed by atoms with Crippen molar-refractivity contribution in [1.82, 2.24) is 4.31 Å². The van der Waals surface area contributed by atoms with Crippen molar-refractivity contribution >= 4 is 16.0 Å². The van der Waals surface area contributed by atoms with Crippen LogP contribution >= 0.6 is 0 Å². The van der Waals surface area contributed by atoms with Crippen LogP contribution in [-0.4, -0.2) is 43.6 Å². The number of carbonyl (C=O) groups excluding carboxylic acids is 1. The first kappa shape index (κ1) is 15.9. The summed E-state index contributed by atoms with van der Waals surface area (Å²) in [5.74, 6) is -0.771. The zero-order valence-electron chi connectivity index (χ0n) is 11.3. The lowest BCUT2D eigenvalue weighted by atomic mass is 10.0. The molecular formula is C12H20N2O4S. The van der Waals surface area contributed by atoms with Gasteiger partial charge in [-0.15, -0.1) is 0 Å². The summed E-state index contributed by atoms with van der Waals surface area (Å²) in [6.45, 7) is 4.17. The monoisotopic (exact) mass is 288 g/mol. The molecule has 0 spiro atoms. The fourth-order valence-corrected chi connectivity index (χ4v) is 3.86. The van der Waals surface area contributed by atoms with E-state index in [1.807, 2.05) is 6.07 Å². The van der Waals surface area contributed by atoms with E-state index in [2.05, 4.69) is 0 Å². The molecule has 0 aromatic rings. The third-order valence-corrected chi connectivity index (χ3v) is 5.45. The van der Waals surface area contributed by atoms with Gasteiger partial charge >= 0.3 is 5.97 Å². The van der Waals surface area contributed by atoms with Gasteiger partial charge in [-0.1, -0.05) is 6.92 Å². The third kappa shape index (κ3) is 3.67. The largest absolute Gasteiger partial charge is 0.466 e. The Morgan fingerprint density at radius 3 is 2.74 bits per heavy atom. The van der Waals surface area contributed by atoms with E-state index in [1.54, 1.807) is 13.8 Å². The molecule has 108 valence electrons. The van der Waals surface area contributed by atoms with Gasteiger partial charge in [0.15, 0.2) is 5.25 Å². The van der Waals surface area contributed by atoms with E-state index >= 15 is 0 Å². The van der Waals surface area contributed by atoms with Gasteiger partial charge in [-0.2, -0.15) is 9.57 Å². The number of hydrogen-bond acceptors (Lipinski definition) is 5. The van der Waals surface area contributed by atoms with Gasteiger partial charge in [0.25, 0.3) is 0 Å². The van der Waals surface area contributed by atoms with Gasteiger partial charge < -0.3 is 4.74 Å². The van der Waals surface area contributed by atoms with E-state index in [-0.39, 0.29) is 25.5 Å². The van der Waals surface area contributed by atoms with Gasteiger partial charge in [-0.25, -0.2) is 8.42 Å². The van der Waals surface area contributed by atoms with E-state index in [0.717, 1.165) is 0 Å². The zero-order chi connectivity index (χ0) is 14.5. The fourth-order valence-electron chi connectivity index (χ4n) is 2.17. The highest BCUT2D eigenvalue weighted by atomic mass is 32.2. The second-order valence-corrected chi connectivity index (χ2v) is 6.64. The average molecular weight is 288 g/mol. The summed E-state index contributed by atoms with van der Waals surface area (Å²) in [7, 11) is -3.64. The minimum absolute atomic E-state index is 0.124. The van der Waals surface area contributed by atoms with Crippen LogP contribution in [0.1, 0.15) is 33.1 Å².